The smallest absolute Gasteiger partial charge is 0.260 e. The minimum Gasteiger partial charge on any atom is -0.484 e. The van der Waals surface area contributed by atoms with Gasteiger partial charge in [0.15, 0.2) is 6.61 Å². The van der Waals surface area contributed by atoms with E-state index < -0.39 is 0 Å². The third-order valence-corrected chi connectivity index (χ3v) is 4.86. The number of hydrogen-bond donors (Lipinski definition) is 0. The van der Waals surface area contributed by atoms with Gasteiger partial charge in [-0.05, 0) is 30.5 Å². The lowest BCUT2D eigenvalue weighted by atomic mass is 10.0. The lowest BCUT2D eigenvalue weighted by molar-refractivity contribution is -0.133. The van der Waals surface area contributed by atoms with Gasteiger partial charge >= 0.3 is 0 Å². The number of carbonyl (C=O) groups is 1. The number of nitrogens with zero attached hydrogens (tertiary/aromatic N) is 4. The molecule has 26 heavy (non-hydrogen) atoms. The third-order valence-electron chi connectivity index (χ3n) is 4.86. The molecule has 6 heteroatoms. The first-order valence-corrected chi connectivity index (χ1v) is 9.35. The highest BCUT2D eigenvalue weighted by Crippen LogP contribution is 2.19. The summed E-state index contributed by atoms with van der Waals surface area (Å²) in [4.78, 5) is 21.0. The summed E-state index contributed by atoms with van der Waals surface area (Å²) in [6, 6.07) is 7.98. The number of hydrogen-bond acceptors (Lipinski definition) is 4. The Bertz CT molecular complexity index is 716. The number of imidazole rings is 1. The second-order valence-corrected chi connectivity index (χ2v) is 6.89. The summed E-state index contributed by atoms with van der Waals surface area (Å²) >= 11 is 0. The maximum absolute atomic E-state index is 12.4. The second-order valence-electron chi connectivity index (χ2n) is 6.89. The first kappa shape index (κ1) is 18.3. The van der Waals surface area contributed by atoms with E-state index in [0.29, 0.717) is 19.0 Å². The molecule has 1 aliphatic heterocycles. The van der Waals surface area contributed by atoms with Crippen molar-refractivity contribution in [3.8, 4) is 5.75 Å². The first-order valence-electron chi connectivity index (χ1n) is 9.35. The van der Waals surface area contributed by atoms with Crippen LogP contribution in [-0.4, -0.2) is 53.1 Å². The number of aromatic nitrogens is 2. The Labute approximate surface area is 155 Å². The van der Waals surface area contributed by atoms with Crippen molar-refractivity contribution in [2.24, 2.45) is 0 Å². The van der Waals surface area contributed by atoms with Gasteiger partial charge in [0.1, 0.15) is 5.75 Å². The molecule has 0 radical (unpaired) electrons. The van der Waals surface area contributed by atoms with Crippen LogP contribution in [0.3, 0.4) is 0 Å². The zero-order chi connectivity index (χ0) is 18.5. The average Bonchev–Trinajstić information content (AvgIpc) is 3.15. The molecule has 1 fully saturated rings. The van der Waals surface area contributed by atoms with Crippen LogP contribution in [0.25, 0.3) is 0 Å². The Morgan fingerprint density at radius 2 is 1.85 bits per heavy atom. The van der Waals surface area contributed by atoms with Crippen molar-refractivity contribution in [2.45, 2.75) is 33.2 Å². The molecule has 1 aliphatic rings. The predicted octanol–water partition coefficient (Wildman–Crippen LogP) is 2.75. The van der Waals surface area contributed by atoms with Crippen LogP contribution < -0.4 is 9.64 Å². The molecule has 2 aromatic rings. The molecule has 0 bridgehead atoms. The molecule has 2 heterocycles. The second kappa shape index (κ2) is 8.25. The van der Waals surface area contributed by atoms with Crippen LogP contribution in [0, 0.1) is 0 Å². The quantitative estimate of drug-likeness (QED) is 0.799. The number of amides is 1. The van der Waals surface area contributed by atoms with Gasteiger partial charge < -0.3 is 19.1 Å². The SMILES string of the molecule is CCn1ccnc1N1CCN(C(=O)COc2ccc(C(C)C)cc2)CC1. The fourth-order valence-electron chi connectivity index (χ4n) is 3.17. The van der Waals surface area contributed by atoms with Crippen molar-refractivity contribution < 1.29 is 9.53 Å². The number of benzene rings is 1. The predicted molar refractivity (Wildman–Crippen MR) is 103 cm³/mol. The molecule has 1 saturated heterocycles. The fourth-order valence-corrected chi connectivity index (χ4v) is 3.17. The Hall–Kier alpha value is -2.50. The lowest BCUT2D eigenvalue weighted by Crippen LogP contribution is -2.50. The van der Waals surface area contributed by atoms with E-state index in [4.69, 9.17) is 4.74 Å². The molecular weight excluding hydrogens is 328 g/mol. The molecule has 1 aromatic heterocycles. The Kier molecular flexibility index (Phi) is 5.81. The van der Waals surface area contributed by atoms with Gasteiger partial charge in [0.05, 0.1) is 0 Å². The number of piperazine rings is 1. The van der Waals surface area contributed by atoms with Gasteiger partial charge in [-0.3, -0.25) is 4.79 Å². The molecule has 0 unspecified atom stereocenters. The van der Waals surface area contributed by atoms with E-state index in [2.05, 4.69) is 47.4 Å². The van der Waals surface area contributed by atoms with Crippen LogP contribution in [0.5, 0.6) is 5.75 Å². The maximum atomic E-state index is 12.4. The Morgan fingerprint density at radius 3 is 2.46 bits per heavy atom. The van der Waals surface area contributed by atoms with Gasteiger partial charge in [-0.15, -0.1) is 0 Å². The number of rotatable bonds is 6. The van der Waals surface area contributed by atoms with E-state index >= 15 is 0 Å². The summed E-state index contributed by atoms with van der Waals surface area (Å²) in [5.41, 5.74) is 1.27. The maximum Gasteiger partial charge on any atom is 0.260 e. The highest BCUT2D eigenvalue weighted by atomic mass is 16.5. The van der Waals surface area contributed by atoms with Crippen LogP contribution in [0.4, 0.5) is 5.95 Å². The molecular formula is C20H28N4O2. The minimum atomic E-state index is 0.0384. The molecule has 0 spiro atoms. The zero-order valence-corrected chi connectivity index (χ0v) is 15.9. The van der Waals surface area contributed by atoms with Crippen molar-refractivity contribution in [2.75, 3.05) is 37.7 Å². The van der Waals surface area contributed by atoms with Gasteiger partial charge in [0.2, 0.25) is 5.95 Å². The van der Waals surface area contributed by atoms with Crippen molar-refractivity contribution in [1.29, 1.82) is 0 Å². The topological polar surface area (TPSA) is 50.6 Å². The molecule has 0 saturated carbocycles. The number of aryl methyl sites for hydroxylation is 1. The standard InChI is InChI=1S/C20H28N4O2/c1-4-22-10-9-21-20(22)24-13-11-23(12-14-24)19(25)15-26-18-7-5-17(6-8-18)16(2)3/h5-10,16H,4,11-15H2,1-3H3. The zero-order valence-electron chi connectivity index (χ0n) is 15.9. The average molecular weight is 356 g/mol. The normalized spacial score (nSPS) is 14.8. The number of anilines is 1. The molecule has 1 amide bonds. The molecule has 6 nitrogen and oxygen atoms in total. The lowest BCUT2D eigenvalue weighted by Gasteiger charge is -2.35. The van der Waals surface area contributed by atoms with Crippen LogP contribution in [0.2, 0.25) is 0 Å². The van der Waals surface area contributed by atoms with E-state index in [1.54, 1.807) is 0 Å². The third kappa shape index (κ3) is 4.18. The van der Waals surface area contributed by atoms with Gasteiger partial charge in [0.25, 0.3) is 5.91 Å². The minimum absolute atomic E-state index is 0.0384. The molecule has 3 rings (SSSR count). The summed E-state index contributed by atoms with van der Waals surface area (Å²) in [5, 5.41) is 0. The molecule has 0 aliphatic carbocycles. The monoisotopic (exact) mass is 356 g/mol. The summed E-state index contributed by atoms with van der Waals surface area (Å²) in [6.07, 6.45) is 3.82. The number of carbonyl (C=O) groups excluding carboxylic acids is 1. The van der Waals surface area contributed by atoms with Crippen molar-refractivity contribution in [1.82, 2.24) is 14.5 Å². The molecule has 0 N–H and O–H groups in total. The van der Waals surface area contributed by atoms with Crippen molar-refractivity contribution >= 4 is 11.9 Å². The molecule has 1 aromatic carbocycles. The Morgan fingerprint density at radius 1 is 1.15 bits per heavy atom. The van der Waals surface area contributed by atoms with Gasteiger partial charge in [-0.1, -0.05) is 26.0 Å². The first-order chi connectivity index (χ1) is 12.6. The van der Waals surface area contributed by atoms with Crippen molar-refractivity contribution in [3.05, 3.63) is 42.2 Å². The van der Waals surface area contributed by atoms with E-state index in [1.807, 2.05) is 29.4 Å². The fraction of sp³-hybridized carbons (Fsp3) is 0.500. The van der Waals surface area contributed by atoms with Crippen LogP contribution in [0.15, 0.2) is 36.7 Å². The summed E-state index contributed by atoms with van der Waals surface area (Å²) in [5.74, 6) is 2.26. The van der Waals surface area contributed by atoms with Crippen LogP contribution in [-0.2, 0) is 11.3 Å². The van der Waals surface area contributed by atoms with E-state index in [1.165, 1.54) is 5.56 Å². The largest absolute Gasteiger partial charge is 0.484 e. The van der Waals surface area contributed by atoms with Crippen LogP contribution >= 0.6 is 0 Å². The molecule has 140 valence electrons. The summed E-state index contributed by atoms with van der Waals surface area (Å²) in [7, 11) is 0. The highest BCUT2D eigenvalue weighted by molar-refractivity contribution is 5.78. The Balaban J connectivity index is 1.48. The van der Waals surface area contributed by atoms with Crippen LogP contribution in [0.1, 0.15) is 32.3 Å². The van der Waals surface area contributed by atoms with E-state index in [9.17, 15) is 4.79 Å². The van der Waals surface area contributed by atoms with Gasteiger partial charge in [0, 0.05) is 45.1 Å². The van der Waals surface area contributed by atoms with Gasteiger partial charge in [-0.25, -0.2) is 4.98 Å². The summed E-state index contributed by atoms with van der Waals surface area (Å²) < 4.78 is 7.80. The van der Waals surface area contributed by atoms with E-state index in [-0.39, 0.29) is 12.5 Å². The van der Waals surface area contributed by atoms with E-state index in [0.717, 1.165) is 31.3 Å². The van der Waals surface area contributed by atoms with Crippen molar-refractivity contribution in [3.63, 3.8) is 0 Å². The number of ether oxygens (including phenoxy) is 1. The van der Waals surface area contributed by atoms with Gasteiger partial charge in [-0.2, -0.15) is 0 Å². The summed E-state index contributed by atoms with van der Waals surface area (Å²) in [6.45, 7) is 10.4. The molecule has 0 atom stereocenters. The highest BCUT2D eigenvalue weighted by Gasteiger charge is 2.23.